The van der Waals surface area contributed by atoms with Gasteiger partial charge in [0.05, 0.1) is 17.7 Å². The highest BCUT2D eigenvalue weighted by atomic mass is 19.4. The van der Waals surface area contributed by atoms with Crippen LogP contribution in [0.1, 0.15) is 50.4 Å². The van der Waals surface area contributed by atoms with Gasteiger partial charge in [-0.3, -0.25) is 9.59 Å². The molecule has 1 unspecified atom stereocenters. The van der Waals surface area contributed by atoms with Gasteiger partial charge in [0, 0.05) is 34.8 Å². The molecule has 0 bridgehead atoms. The van der Waals surface area contributed by atoms with E-state index < -0.39 is 24.2 Å². The molecule has 0 aliphatic heterocycles. The van der Waals surface area contributed by atoms with E-state index in [1.165, 1.54) is 12.1 Å². The van der Waals surface area contributed by atoms with Crippen LogP contribution in [0.15, 0.2) is 79.0 Å². The Hall–Kier alpha value is -4.42. The fourth-order valence-electron chi connectivity index (χ4n) is 4.10. The molecule has 6 nitrogen and oxygen atoms in total. The summed E-state index contributed by atoms with van der Waals surface area (Å²) in [5.74, 6) is -1.05. The number of benzene rings is 3. The number of amides is 1. The molecule has 3 aromatic carbocycles. The molecule has 1 aromatic heterocycles. The Morgan fingerprint density at radius 1 is 1.03 bits per heavy atom. The van der Waals surface area contributed by atoms with Crippen LogP contribution in [0.3, 0.4) is 0 Å². The summed E-state index contributed by atoms with van der Waals surface area (Å²) >= 11 is 0. The number of nitrogens with zero attached hydrogens (tertiary/aromatic N) is 1. The zero-order valence-electron chi connectivity index (χ0n) is 20.5. The number of fused-ring (bicyclic) bond motifs is 1. The number of carbonyl (C=O) groups excluding carboxylic acids is 2. The number of ketones is 1. The molecule has 194 valence electrons. The molecule has 0 saturated carbocycles. The van der Waals surface area contributed by atoms with Gasteiger partial charge in [-0.2, -0.15) is 18.4 Å². The van der Waals surface area contributed by atoms with Crippen molar-refractivity contribution in [2.45, 2.75) is 31.6 Å². The third kappa shape index (κ3) is 6.10. The maximum atomic E-state index is 13.7. The number of aromatic nitrogens is 1. The number of alkyl halides is 3. The lowest BCUT2D eigenvalue weighted by molar-refractivity contribution is -0.149. The van der Waals surface area contributed by atoms with E-state index in [1.807, 2.05) is 47.8 Å². The van der Waals surface area contributed by atoms with Crippen LogP contribution in [0.25, 0.3) is 10.9 Å². The minimum Gasteiger partial charge on any atom is -0.360 e. The Morgan fingerprint density at radius 3 is 2.39 bits per heavy atom. The Labute approximate surface area is 217 Å². The number of rotatable bonds is 9. The van der Waals surface area contributed by atoms with Crippen molar-refractivity contribution in [3.63, 3.8) is 0 Å². The average Bonchev–Trinajstić information content (AvgIpc) is 3.34. The Balaban J connectivity index is 1.54. The molecule has 4 aromatic rings. The second-order valence-electron chi connectivity index (χ2n) is 8.92. The van der Waals surface area contributed by atoms with Gasteiger partial charge >= 0.3 is 6.18 Å². The second kappa shape index (κ2) is 11.3. The van der Waals surface area contributed by atoms with Crippen molar-refractivity contribution in [1.29, 1.82) is 5.26 Å². The Bertz CT molecular complexity index is 1470. The van der Waals surface area contributed by atoms with Crippen LogP contribution in [-0.4, -0.2) is 35.4 Å². The number of nitriles is 1. The second-order valence-corrected chi connectivity index (χ2v) is 8.92. The number of hydrogen-bond acceptors (Lipinski definition) is 4. The minimum atomic E-state index is -4.55. The number of hydrogen-bond donors (Lipinski definition) is 3. The molecule has 38 heavy (non-hydrogen) atoms. The van der Waals surface area contributed by atoms with Gasteiger partial charge in [0.15, 0.2) is 5.78 Å². The van der Waals surface area contributed by atoms with Gasteiger partial charge in [-0.1, -0.05) is 48.5 Å². The molecule has 1 amide bonds. The first-order valence-corrected chi connectivity index (χ1v) is 12.0. The number of halogens is 3. The van der Waals surface area contributed by atoms with Crippen LogP contribution in [0.2, 0.25) is 0 Å². The van der Waals surface area contributed by atoms with Gasteiger partial charge < -0.3 is 15.6 Å². The molecule has 9 heteroatoms. The number of H-pyrrole nitrogens is 1. The fraction of sp³-hybridized carbons (Fsp3) is 0.207. The summed E-state index contributed by atoms with van der Waals surface area (Å²) in [5, 5.41) is 14.8. The number of nitrogens with one attached hydrogen (secondary N) is 3. The van der Waals surface area contributed by atoms with Crippen LogP contribution < -0.4 is 10.6 Å². The first-order valence-electron chi connectivity index (χ1n) is 12.0. The zero-order chi connectivity index (χ0) is 27.3. The summed E-state index contributed by atoms with van der Waals surface area (Å²) < 4.78 is 38.5. The van der Waals surface area contributed by atoms with Gasteiger partial charge in [-0.15, -0.1) is 0 Å². The maximum absolute atomic E-state index is 13.7. The normalized spacial score (nSPS) is 13.0. The molecule has 0 fully saturated rings. The van der Waals surface area contributed by atoms with E-state index in [2.05, 4.69) is 16.4 Å². The highest BCUT2D eigenvalue weighted by Gasteiger charge is 2.37. The van der Waals surface area contributed by atoms with Gasteiger partial charge in [-0.25, -0.2) is 0 Å². The monoisotopic (exact) mass is 518 g/mol. The standard InChI is InChI=1S/C29H25F3N4O2/c1-18(29(30,31)32)36-28(38)22-11-12-23-24(17-35-25(23)15-22)27(37)26(21-5-3-2-4-6-21)34-14-13-19-7-9-20(16-33)10-8-19/h2-12,15,17-18,26,34-35H,13-14H2,1H3,(H,36,38)/t18?,26-/m1/s1. The number of aromatic amines is 1. The average molecular weight is 519 g/mol. The molecular formula is C29H25F3N4O2. The molecule has 1 heterocycles. The molecular weight excluding hydrogens is 493 g/mol. The summed E-state index contributed by atoms with van der Waals surface area (Å²) in [6.45, 7) is 1.38. The van der Waals surface area contributed by atoms with E-state index in [-0.39, 0.29) is 11.3 Å². The van der Waals surface area contributed by atoms with E-state index in [0.717, 1.165) is 18.1 Å². The molecule has 0 saturated heterocycles. The third-order valence-corrected chi connectivity index (χ3v) is 6.29. The topological polar surface area (TPSA) is 97.8 Å². The van der Waals surface area contributed by atoms with Crippen molar-refractivity contribution in [1.82, 2.24) is 15.6 Å². The zero-order valence-corrected chi connectivity index (χ0v) is 20.5. The van der Waals surface area contributed by atoms with Gasteiger partial charge in [0.1, 0.15) is 6.04 Å². The lowest BCUT2D eigenvalue weighted by Crippen LogP contribution is -2.43. The molecule has 3 N–H and O–H groups in total. The van der Waals surface area contributed by atoms with Gasteiger partial charge in [-0.05, 0) is 48.7 Å². The third-order valence-electron chi connectivity index (χ3n) is 6.29. The lowest BCUT2D eigenvalue weighted by Gasteiger charge is -2.18. The highest BCUT2D eigenvalue weighted by Crippen LogP contribution is 2.26. The number of carbonyl (C=O) groups is 2. The van der Waals surface area contributed by atoms with Crippen LogP contribution in [0.4, 0.5) is 13.2 Å². The van der Waals surface area contributed by atoms with Crippen molar-refractivity contribution in [3.8, 4) is 6.07 Å². The van der Waals surface area contributed by atoms with Crippen molar-refractivity contribution in [2.24, 2.45) is 0 Å². The SMILES string of the molecule is CC(NC(=O)c1ccc2c(C(=O)[C@H](NCCc3ccc(C#N)cc3)c3ccccc3)c[nH]c2c1)C(F)(F)F. The maximum Gasteiger partial charge on any atom is 0.408 e. The highest BCUT2D eigenvalue weighted by molar-refractivity contribution is 6.11. The Morgan fingerprint density at radius 2 is 1.74 bits per heavy atom. The van der Waals surface area contributed by atoms with Crippen LogP contribution >= 0.6 is 0 Å². The van der Waals surface area contributed by atoms with Crippen LogP contribution in [-0.2, 0) is 6.42 Å². The fourth-order valence-corrected chi connectivity index (χ4v) is 4.10. The first-order chi connectivity index (χ1) is 18.2. The quantitative estimate of drug-likeness (QED) is 0.256. The van der Waals surface area contributed by atoms with E-state index in [1.54, 1.807) is 24.4 Å². The van der Waals surface area contributed by atoms with Gasteiger partial charge in [0.2, 0.25) is 0 Å². The largest absolute Gasteiger partial charge is 0.408 e. The first kappa shape index (κ1) is 26.6. The Kier molecular flexibility index (Phi) is 7.93. The van der Waals surface area contributed by atoms with Crippen molar-refractivity contribution in [2.75, 3.05) is 6.54 Å². The molecule has 4 rings (SSSR count). The molecule has 0 spiro atoms. The lowest BCUT2D eigenvalue weighted by atomic mass is 9.96. The van der Waals surface area contributed by atoms with Gasteiger partial charge in [0.25, 0.3) is 5.91 Å². The number of Topliss-reactive ketones (excluding diaryl/α,β-unsaturated/α-hetero) is 1. The van der Waals surface area contributed by atoms with E-state index in [9.17, 15) is 22.8 Å². The molecule has 2 atom stereocenters. The molecule has 0 aliphatic rings. The smallest absolute Gasteiger partial charge is 0.360 e. The van der Waals surface area contributed by atoms with Crippen LogP contribution in [0, 0.1) is 11.3 Å². The predicted octanol–water partition coefficient (Wildman–Crippen LogP) is 5.48. The van der Waals surface area contributed by atoms with Crippen molar-refractivity contribution >= 4 is 22.6 Å². The molecule has 0 aliphatic carbocycles. The summed E-state index contributed by atoms with van der Waals surface area (Å²) in [6.07, 6.45) is -2.36. The van der Waals surface area contributed by atoms with Crippen molar-refractivity contribution < 1.29 is 22.8 Å². The van der Waals surface area contributed by atoms with Crippen molar-refractivity contribution in [3.05, 3.63) is 107 Å². The summed E-state index contributed by atoms with van der Waals surface area (Å²) in [5.41, 5.74) is 3.29. The van der Waals surface area contributed by atoms with E-state index >= 15 is 0 Å². The summed E-state index contributed by atoms with van der Waals surface area (Å²) in [7, 11) is 0. The molecule has 0 radical (unpaired) electrons. The van der Waals surface area contributed by atoms with E-state index in [4.69, 9.17) is 5.26 Å². The summed E-state index contributed by atoms with van der Waals surface area (Å²) in [6, 6.07) is 20.4. The minimum absolute atomic E-state index is 0.0506. The summed E-state index contributed by atoms with van der Waals surface area (Å²) in [4.78, 5) is 29.0. The van der Waals surface area contributed by atoms with Crippen LogP contribution in [0.5, 0.6) is 0 Å². The predicted molar refractivity (Wildman–Crippen MR) is 138 cm³/mol. The van der Waals surface area contributed by atoms with E-state index in [0.29, 0.717) is 35.0 Å².